The molecule has 10 nitrogen and oxygen atoms in total. The number of rotatable bonds is 6. The maximum atomic E-state index is 12.2. The second-order valence-corrected chi connectivity index (χ2v) is 8.70. The fourth-order valence-corrected chi connectivity index (χ4v) is 4.06. The Balaban J connectivity index is 1.44. The van der Waals surface area contributed by atoms with E-state index in [1.807, 2.05) is 40.9 Å². The normalized spacial score (nSPS) is 14.7. The van der Waals surface area contributed by atoms with Gasteiger partial charge in [0.25, 0.3) is 5.91 Å². The van der Waals surface area contributed by atoms with Crippen LogP contribution in [0.4, 0.5) is 11.6 Å². The number of hydrogen-bond acceptors (Lipinski definition) is 7. The van der Waals surface area contributed by atoms with Gasteiger partial charge >= 0.3 is 0 Å². The van der Waals surface area contributed by atoms with E-state index in [2.05, 4.69) is 25.7 Å². The Bertz CT molecular complexity index is 1250. The van der Waals surface area contributed by atoms with Gasteiger partial charge in [-0.05, 0) is 44.4 Å². The lowest BCUT2D eigenvalue weighted by Crippen LogP contribution is -2.37. The molecule has 2 amide bonds. The molecule has 0 radical (unpaired) electrons. The van der Waals surface area contributed by atoms with Gasteiger partial charge in [-0.25, -0.2) is 9.97 Å². The summed E-state index contributed by atoms with van der Waals surface area (Å²) in [5.41, 5.74) is 3.77. The third-order valence-corrected chi connectivity index (χ3v) is 6.08. The molecule has 0 bridgehead atoms. The maximum Gasteiger partial charge on any atom is 0.252 e. The molecule has 1 fully saturated rings. The molecule has 1 unspecified atom stereocenters. The van der Waals surface area contributed by atoms with E-state index in [-0.39, 0.29) is 17.9 Å². The number of nitriles is 1. The van der Waals surface area contributed by atoms with Gasteiger partial charge in [0, 0.05) is 43.5 Å². The van der Waals surface area contributed by atoms with E-state index < -0.39 is 6.04 Å². The molecule has 4 rings (SSSR count). The topological polar surface area (TPSA) is 129 Å². The summed E-state index contributed by atoms with van der Waals surface area (Å²) in [6, 6.07) is 8.77. The Hall–Kier alpha value is -4.26. The number of nitrogens with one attached hydrogen (secondary N) is 2. The number of aryl methyl sites for hydroxylation is 1. The molecular weight excluding hydrogens is 444 g/mol. The van der Waals surface area contributed by atoms with E-state index in [4.69, 9.17) is 5.26 Å². The van der Waals surface area contributed by atoms with Crippen molar-refractivity contribution in [2.24, 2.45) is 0 Å². The molecule has 1 saturated heterocycles. The highest BCUT2D eigenvalue weighted by Crippen LogP contribution is 2.26. The van der Waals surface area contributed by atoms with Crippen molar-refractivity contribution >= 4 is 23.5 Å². The van der Waals surface area contributed by atoms with Crippen molar-refractivity contribution in [3.8, 4) is 17.3 Å². The van der Waals surface area contributed by atoms with Crippen LogP contribution in [0.2, 0.25) is 0 Å². The second-order valence-electron chi connectivity index (χ2n) is 8.70. The van der Waals surface area contributed by atoms with Gasteiger partial charge < -0.3 is 15.5 Å². The molecule has 0 spiro atoms. The predicted molar refractivity (Wildman–Crippen MR) is 131 cm³/mol. The summed E-state index contributed by atoms with van der Waals surface area (Å²) in [5, 5.41) is 19.2. The number of hydrogen-bond donors (Lipinski definition) is 2. The lowest BCUT2D eigenvalue weighted by Gasteiger charge is -2.31. The molecule has 35 heavy (non-hydrogen) atoms. The summed E-state index contributed by atoms with van der Waals surface area (Å²) in [6.07, 6.45) is 7.18. The molecule has 10 heteroatoms. The molecule has 3 aromatic rings. The molecule has 1 aromatic carbocycles. The Labute approximate surface area is 204 Å². The van der Waals surface area contributed by atoms with E-state index >= 15 is 0 Å². The van der Waals surface area contributed by atoms with Gasteiger partial charge in [-0.3, -0.25) is 14.3 Å². The zero-order chi connectivity index (χ0) is 24.9. The van der Waals surface area contributed by atoms with Crippen LogP contribution in [0, 0.1) is 18.3 Å². The molecule has 1 aliphatic heterocycles. The van der Waals surface area contributed by atoms with Crippen LogP contribution in [0.5, 0.6) is 0 Å². The van der Waals surface area contributed by atoms with Gasteiger partial charge in [-0.1, -0.05) is 12.1 Å². The van der Waals surface area contributed by atoms with Gasteiger partial charge in [0.15, 0.2) is 0 Å². The average molecular weight is 473 g/mol. The lowest BCUT2D eigenvalue weighted by atomic mass is 10.1. The van der Waals surface area contributed by atoms with Crippen LogP contribution >= 0.6 is 0 Å². The summed E-state index contributed by atoms with van der Waals surface area (Å²) in [6.45, 7) is 6.65. The number of piperidine rings is 1. The Morgan fingerprint density at radius 3 is 2.54 bits per heavy atom. The lowest BCUT2D eigenvalue weighted by molar-refractivity contribution is -0.130. The van der Waals surface area contributed by atoms with Gasteiger partial charge in [-0.2, -0.15) is 10.4 Å². The highest BCUT2D eigenvalue weighted by molar-refractivity contribution is 5.95. The van der Waals surface area contributed by atoms with Crippen LogP contribution in [-0.2, 0) is 4.79 Å². The SMILES string of the molecule is CC(=O)N1CCC(n2cc(Nc3ncc(C)c(-c4ccc(C(=O)NC(C)C#N)cc4)n3)cn2)CC1. The Morgan fingerprint density at radius 2 is 1.89 bits per heavy atom. The number of carbonyl (C=O) groups excluding carboxylic acids is 2. The first-order chi connectivity index (χ1) is 16.8. The third kappa shape index (κ3) is 5.63. The van der Waals surface area contributed by atoms with Crippen molar-refractivity contribution in [3.05, 3.63) is 54.0 Å². The fraction of sp³-hybridized carbons (Fsp3) is 0.360. The van der Waals surface area contributed by atoms with E-state index in [0.717, 1.165) is 48.4 Å². The number of likely N-dealkylation sites (tertiary alicyclic amines) is 1. The summed E-state index contributed by atoms with van der Waals surface area (Å²) in [4.78, 5) is 34.7. The fourth-order valence-electron chi connectivity index (χ4n) is 4.06. The highest BCUT2D eigenvalue weighted by Gasteiger charge is 2.22. The molecule has 3 heterocycles. The molecule has 2 aromatic heterocycles. The smallest absolute Gasteiger partial charge is 0.252 e. The van der Waals surface area contributed by atoms with Crippen LogP contribution in [0.15, 0.2) is 42.9 Å². The minimum atomic E-state index is -0.558. The number of aromatic nitrogens is 4. The molecule has 180 valence electrons. The summed E-state index contributed by atoms with van der Waals surface area (Å²) < 4.78 is 1.94. The second kappa shape index (κ2) is 10.3. The van der Waals surface area contributed by atoms with E-state index in [0.29, 0.717) is 11.5 Å². The first-order valence-corrected chi connectivity index (χ1v) is 11.6. The number of nitrogens with zero attached hydrogens (tertiary/aromatic N) is 6. The van der Waals surface area contributed by atoms with E-state index in [1.165, 1.54) is 0 Å². The van der Waals surface area contributed by atoms with Crippen molar-refractivity contribution in [1.29, 1.82) is 5.26 Å². The van der Waals surface area contributed by atoms with Crippen LogP contribution < -0.4 is 10.6 Å². The zero-order valence-corrected chi connectivity index (χ0v) is 20.0. The average Bonchev–Trinajstić information content (AvgIpc) is 3.33. The molecule has 0 aliphatic carbocycles. The first kappa shape index (κ1) is 23.9. The largest absolute Gasteiger partial charge is 0.343 e. The number of benzene rings is 1. The van der Waals surface area contributed by atoms with Crippen molar-refractivity contribution in [2.75, 3.05) is 18.4 Å². The van der Waals surface area contributed by atoms with E-state index in [9.17, 15) is 9.59 Å². The van der Waals surface area contributed by atoms with Gasteiger partial charge in [-0.15, -0.1) is 0 Å². The van der Waals surface area contributed by atoms with Crippen molar-refractivity contribution in [1.82, 2.24) is 30.0 Å². The van der Waals surface area contributed by atoms with Crippen molar-refractivity contribution < 1.29 is 9.59 Å². The van der Waals surface area contributed by atoms with E-state index in [1.54, 1.807) is 38.4 Å². The first-order valence-electron chi connectivity index (χ1n) is 11.6. The number of amides is 2. The molecule has 1 aliphatic rings. The summed E-state index contributed by atoms with van der Waals surface area (Å²) >= 11 is 0. The minimum absolute atomic E-state index is 0.116. The van der Waals surface area contributed by atoms with Crippen molar-refractivity contribution in [3.63, 3.8) is 0 Å². The molecule has 2 N–H and O–H groups in total. The minimum Gasteiger partial charge on any atom is -0.343 e. The van der Waals surface area contributed by atoms with Crippen LogP contribution in [0.1, 0.15) is 48.7 Å². The standard InChI is InChI=1S/C25H28N8O2/c1-16-13-27-25(30-21-14-28-33(15-21)22-8-10-32(11-9-22)18(3)34)31-23(16)19-4-6-20(7-5-19)24(35)29-17(2)12-26/h4-7,13-15,17,22H,8-11H2,1-3H3,(H,29,35)(H,27,30,31). The van der Waals surface area contributed by atoms with Gasteiger partial charge in [0.2, 0.25) is 11.9 Å². The van der Waals surface area contributed by atoms with Gasteiger partial charge in [0.1, 0.15) is 6.04 Å². The highest BCUT2D eigenvalue weighted by atomic mass is 16.2. The number of anilines is 2. The quantitative estimate of drug-likeness (QED) is 0.563. The zero-order valence-electron chi connectivity index (χ0n) is 20.0. The molecule has 0 saturated carbocycles. The maximum absolute atomic E-state index is 12.2. The van der Waals surface area contributed by atoms with Crippen LogP contribution in [0.25, 0.3) is 11.3 Å². The Morgan fingerprint density at radius 1 is 1.17 bits per heavy atom. The molecular formula is C25H28N8O2. The van der Waals surface area contributed by atoms with Crippen molar-refractivity contribution in [2.45, 2.75) is 45.7 Å². The van der Waals surface area contributed by atoms with Gasteiger partial charge in [0.05, 0.1) is 29.7 Å². The predicted octanol–water partition coefficient (Wildman–Crippen LogP) is 3.22. The van der Waals surface area contributed by atoms with Crippen LogP contribution in [0.3, 0.4) is 0 Å². The number of carbonyl (C=O) groups is 2. The summed E-state index contributed by atoms with van der Waals surface area (Å²) in [7, 11) is 0. The third-order valence-electron chi connectivity index (χ3n) is 6.08. The summed E-state index contributed by atoms with van der Waals surface area (Å²) in [5.74, 6) is 0.266. The monoisotopic (exact) mass is 472 g/mol. The Kier molecular flexibility index (Phi) is 7.06. The molecule has 1 atom stereocenters. The van der Waals surface area contributed by atoms with Crippen LogP contribution in [-0.4, -0.2) is 55.6 Å².